The molecule has 1 saturated carbocycles. The van der Waals surface area contributed by atoms with Crippen LogP contribution in [0.25, 0.3) is 11.0 Å². The fourth-order valence-corrected chi connectivity index (χ4v) is 6.76. The molecular formula is C30H34N4O5. The van der Waals surface area contributed by atoms with E-state index in [-0.39, 0.29) is 18.0 Å². The third-order valence-corrected chi connectivity index (χ3v) is 8.78. The number of nitrogens with zero attached hydrogens (tertiary/aromatic N) is 4. The van der Waals surface area contributed by atoms with Crippen LogP contribution in [0.15, 0.2) is 36.4 Å². The number of imidazole rings is 1. The number of hydrogen-bond acceptors (Lipinski definition) is 5. The predicted octanol–water partition coefficient (Wildman–Crippen LogP) is 4.96. The molecule has 3 aromatic rings. The Morgan fingerprint density at radius 3 is 2.72 bits per heavy atom. The molecule has 2 amide bonds. The first-order valence-corrected chi connectivity index (χ1v) is 13.9. The molecule has 204 valence electrons. The van der Waals surface area contributed by atoms with Crippen molar-refractivity contribution in [3.63, 3.8) is 0 Å². The molecule has 0 radical (unpaired) electrons. The summed E-state index contributed by atoms with van der Waals surface area (Å²) in [5.74, 6) is -0.389. The average molecular weight is 531 g/mol. The Morgan fingerprint density at radius 1 is 1.10 bits per heavy atom. The Bertz CT molecular complexity index is 1460. The SMILES string of the molecule is COC(=O)N1c2ccc3c(nc(CN4CCc5ccccc5C4=O)n3[C@@H]3CCC[C@@H](C(=O)O)C3)c2CC[C@@H]1C. The monoisotopic (exact) mass is 530 g/mol. The quantitative estimate of drug-likeness (QED) is 0.511. The van der Waals surface area contributed by atoms with E-state index in [1.165, 1.54) is 7.11 Å². The Balaban J connectivity index is 1.45. The predicted molar refractivity (Wildman–Crippen MR) is 146 cm³/mol. The zero-order valence-electron chi connectivity index (χ0n) is 22.4. The van der Waals surface area contributed by atoms with Gasteiger partial charge in [-0.3, -0.25) is 14.5 Å². The number of aliphatic carboxylic acids is 1. The molecule has 0 spiro atoms. The van der Waals surface area contributed by atoms with Gasteiger partial charge in [-0.25, -0.2) is 9.78 Å². The first kappa shape index (κ1) is 25.4. The summed E-state index contributed by atoms with van der Waals surface area (Å²) in [7, 11) is 1.39. The van der Waals surface area contributed by atoms with E-state index in [0.29, 0.717) is 25.9 Å². The minimum atomic E-state index is -0.756. The van der Waals surface area contributed by atoms with Crippen LogP contribution in [0.4, 0.5) is 10.5 Å². The highest BCUT2D eigenvalue weighted by Crippen LogP contribution is 2.41. The van der Waals surface area contributed by atoms with Gasteiger partial charge in [0.25, 0.3) is 5.91 Å². The molecule has 1 aromatic heterocycles. The van der Waals surface area contributed by atoms with Crippen LogP contribution >= 0.6 is 0 Å². The normalized spacial score (nSPS) is 22.9. The van der Waals surface area contributed by atoms with E-state index in [2.05, 4.69) is 4.57 Å². The first-order chi connectivity index (χ1) is 18.9. The van der Waals surface area contributed by atoms with Gasteiger partial charge in [-0.1, -0.05) is 24.6 Å². The van der Waals surface area contributed by atoms with Crippen LogP contribution < -0.4 is 4.90 Å². The van der Waals surface area contributed by atoms with Crippen molar-refractivity contribution in [3.05, 3.63) is 58.9 Å². The van der Waals surface area contributed by atoms with Crippen molar-refractivity contribution < 1.29 is 24.2 Å². The third kappa shape index (κ3) is 4.33. The molecule has 39 heavy (non-hydrogen) atoms. The molecule has 3 aliphatic rings. The van der Waals surface area contributed by atoms with Gasteiger partial charge in [-0.2, -0.15) is 0 Å². The standard InChI is InChI=1S/C30H34N4O5/c1-18-10-11-23-24(33(18)30(38)39-2)12-13-25-27(23)31-26(34(25)21-8-5-7-20(16-21)29(36)37)17-32-15-14-19-6-3-4-9-22(19)28(32)35/h3-4,6,9,12-13,18,20-21H,5,7-8,10-11,14-17H2,1-2H3,(H,36,37)/t18-,20+,21+/m0/s1. The zero-order valence-corrected chi connectivity index (χ0v) is 22.4. The van der Waals surface area contributed by atoms with Gasteiger partial charge in [0.15, 0.2) is 0 Å². The van der Waals surface area contributed by atoms with Crippen LogP contribution in [-0.4, -0.2) is 57.2 Å². The average Bonchev–Trinajstić information content (AvgIpc) is 3.32. The maximum absolute atomic E-state index is 13.4. The van der Waals surface area contributed by atoms with Gasteiger partial charge in [-0.15, -0.1) is 0 Å². The fraction of sp³-hybridized carbons (Fsp3) is 0.467. The number of carboxylic acids is 1. The molecule has 3 atom stereocenters. The molecule has 0 bridgehead atoms. The number of methoxy groups -OCH3 is 1. The molecule has 2 aliphatic heterocycles. The topological polar surface area (TPSA) is 105 Å². The Labute approximate surface area is 227 Å². The summed E-state index contributed by atoms with van der Waals surface area (Å²) >= 11 is 0. The van der Waals surface area contributed by atoms with Crippen molar-refractivity contribution in [1.29, 1.82) is 0 Å². The minimum absolute atomic E-state index is 0.00432. The van der Waals surface area contributed by atoms with E-state index in [1.54, 1.807) is 4.90 Å². The van der Waals surface area contributed by atoms with Gasteiger partial charge in [-0.05, 0) is 69.2 Å². The Kier molecular flexibility index (Phi) is 6.53. The number of benzene rings is 2. The van der Waals surface area contributed by atoms with Crippen LogP contribution in [0.5, 0.6) is 0 Å². The highest BCUT2D eigenvalue weighted by Gasteiger charge is 2.35. The highest BCUT2D eigenvalue weighted by molar-refractivity contribution is 5.97. The van der Waals surface area contributed by atoms with E-state index in [1.807, 2.05) is 48.2 Å². The summed E-state index contributed by atoms with van der Waals surface area (Å²) < 4.78 is 7.28. The largest absolute Gasteiger partial charge is 0.481 e. The first-order valence-electron chi connectivity index (χ1n) is 13.9. The van der Waals surface area contributed by atoms with Crippen LogP contribution in [-0.2, 0) is 28.9 Å². The van der Waals surface area contributed by atoms with E-state index < -0.39 is 18.0 Å². The van der Waals surface area contributed by atoms with Crippen molar-refractivity contribution in [2.24, 2.45) is 5.92 Å². The maximum Gasteiger partial charge on any atom is 0.414 e. The zero-order chi connectivity index (χ0) is 27.3. The molecule has 6 rings (SSSR count). The molecule has 9 heteroatoms. The van der Waals surface area contributed by atoms with Crippen LogP contribution in [0, 0.1) is 5.92 Å². The van der Waals surface area contributed by atoms with E-state index in [4.69, 9.17) is 9.72 Å². The summed E-state index contributed by atoms with van der Waals surface area (Å²) in [5, 5.41) is 9.79. The molecule has 2 aromatic carbocycles. The van der Waals surface area contributed by atoms with E-state index in [0.717, 1.165) is 71.3 Å². The molecular weight excluding hydrogens is 496 g/mol. The fourth-order valence-electron chi connectivity index (χ4n) is 6.76. The lowest BCUT2D eigenvalue weighted by Gasteiger charge is -2.34. The number of amides is 2. The molecule has 3 heterocycles. The second-order valence-corrected chi connectivity index (χ2v) is 11.0. The Morgan fingerprint density at radius 2 is 1.92 bits per heavy atom. The maximum atomic E-state index is 13.4. The number of carboxylic acid groups (broad SMARTS) is 1. The number of aromatic nitrogens is 2. The number of hydrogen-bond donors (Lipinski definition) is 1. The molecule has 0 unspecified atom stereocenters. The minimum Gasteiger partial charge on any atom is -0.481 e. The van der Waals surface area contributed by atoms with Gasteiger partial charge in [0.2, 0.25) is 0 Å². The summed E-state index contributed by atoms with van der Waals surface area (Å²) in [4.78, 5) is 46.7. The van der Waals surface area contributed by atoms with Crippen molar-refractivity contribution in [1.82, 2.24) is 14.5 Å². The van der Waals surface area contributed by atoms with E-state index >= 15 is 0 Å². The van der Waals surface area contributed by atoms with Crippen LogP contribution in [0.2, 0.25) is 0 Å². The van der Waals surface area contributed by atoms with Gasteiger partial charge in [0, 0.05) is 29.8 Å². The smallest absolute Gasteiger partial charge is 0.414 e. The lowest BCUT2D eigenvalue weighted by Crippen LogP contribution is -2.42. The molecule has 1 aliphatic carbocycles. The lowest BCUT2D eigenvalue weighted by molar-refractivity contribution is -0.143. The number of fused-ring (bicyclic) bond motifs is 4. The molecule has 1 fully saturated rings. The van der Waals surface area contributed by atoms with Crippen molar-refractivity contribution in [3.8, 4) is 0 Å². The number of rotatable bonds is 4. The second-order valence-electron chi connectivity index (χ2n) is 11.0. The van der Waals surface area contributed by atoms with Crippen molar-refractivity contribution >= 4 is 34.7 Å². The summed E-state index contributed by atoms with van der Waals surface area (Å²) in [5.41, 5.74) is 5.36. The third-order valence-electron chi connectivity index (χ3n) is 8.78. The van der Waals surface area contributed by atoms with Gasteiger partial charge >= 0.3 is 12.1 Å². The van der Waals surface area contributed by atoms with Gasteiger partial charge in [0.05, 0.1) is 36.3 Å². The van der Waals surface area contributed by atoms with Crippen molar-refractivity contribution in [2.75, 3.05) is 18.6 Å². The van der Waals surface area contributed by atoms with Gasteiger partial charge < -0.3 is 19.3 Å². The van der Waals surface area contributed by atoms with Crippen LogP contribution in [0.3, 0.4) is 0 Å². The highest BCUT2D eigenvalue weighted by atomic mass is 16.5. The van der Waals surface area contributed by atoms with E-state index in [9.17, 15) is 19.5 Å². The number of ether oxygens (including phenoxy) is 1. The number of carbonyl (C=O) groups excluding carboxylic acids is 2. The molecule has 0 saturated heterocycles. The van der Waals surface area contributed by atoms with Crippen LogP contribution in [0.1, 0.15) is 72.4 Å². The number of anilines is 1. The summed E-state index contributed by atoms with van der Waals surface area (Å²) in [6.45, 7) is 2.97. The molecule has 9 nitrogen and oxygen atoms in total. The number of carbonyl (C=O) groups is 3. The summed E-state index contributed by atoms with van der Waals surface area (Å²) in [6, 6.07) is 11.7. The molecule has 1 N–H and O–H groups in total. The summed E-state index contributed by atoms with van der Waals surface area (Å²) in [6.07, 6.45) is 4.86. The van der Waals surface area contributed by atoms with Gasteiger partial charge in [0.1, 0.15) is 5.82 Å². The number of aryl methyl sites for hydroxylation is 1. The second kappa shape index (κ2) is 10.0. The Hall–Kier alpha value is -3.88. The van der Waals surface area contributed by atoms with Crippen molar-refractivity contribution in [2.45, 2.75) is 70.5 Å². The lowest BCUT2D eigenvalue weighted by atomic mass is 9.85.